The van der Waals surface area contributed by atoms with Gasteiger partial charge in [0, 0.05) is 30.1 Å². The number of fused-ring (bicyclic) bond motifs is 1. The van der Waals surface area contributed by atoms with Gasteiger partial charge in [-0.3, -0.25) is 9.97 Å². The quantitative estimate of drug-likeness (QED) is 0.619. The summed E-state index contributed by atoms with van der Waals surface area (Å²) in [5.74, 6) is 0.387. The molecule has 6 nitrogen and oxygen atoms in total. The molecule has 0 saturated heterocycles. The third-order valence-corrected chi connectivity index (χ3v) is 3.90. The van der Waals surface area contributed by atoms with Crippen LogP contribution in [0.4, 0.5) is 10.2 Å². The van der Waals surface area contributed by atoms with E-state index >= 15 is 0 Å². The first-order valence-electron chi connectivity index (χ1n) is 7.84. The van der Waals surface area contributed by atoms with E-state index in [1.807, 2.05) is 6.92 Å². The van der Waals surface area contributed by atoms with Gasteiger partial charge in [-0.1, -0.05) is 12.1 Å². The first-order chi connectivity index (χ1) is 12.2. The van der Waals surface area contributed by atoms with Gasteiger partial charge in [0.1, 0.15) is 11.6 Å². The Morgan fingerprint density at radius 1 is 1.12 bits per heavy atom. The number of hydrogen-bond donors (Lipinski definition) is 1. The van der Waals surface area contributed by atoms with Crippen molar-refractivity contribution in [1.29, 1.82) is 0 Å². The minimum atomic E-state index is -0.313. The Hall–Kier alpha value is -3.35. The lowest BCUT2D eigenvalue weighted by atomic mass is 10.1. The number of anilines is 1. The molecule has 0 spiro atoms. The second-order valence-electron chi connectivity index (χ2n) is 5.60. The van der Waals surface area contributed by atoms with Gasteiger partial charge in [0.05, 0.1) is 29.8 Å². The molecule has 0 radical (unpaired) electrons. The van der Waals surface area contributed by atoms with Gasteiger partial charge in [0.2, 0.25) is 0 Å². The third kappa shape index (κ3) is 2.91. The molecule has 4 aromatic rings. The van der Waals surface area contributed by atoms with E-state index in [1.54, 1.807) is 59.6 Å². The standard InChI is InChI=1S/C18H15FN6/c1-12(16-11-20-8-9-21-16)23-18-10-15(13-4-2-3-5-14(13)19)24-17-6-7-22-25(17)18/h2-12,23H,1H3. The minimum absolute atomic E-state index is 0.100. The molecule has 3 aromatic heterocycles. The Labute approximate surface area is 143 Å². The van der Waals surface area contributed by atoms with Crippen LogP contribution in [0.5, 0.6) is 0 Å². The first-order valence-corrected chi connectivity index (χ1v) is 7.84. The number of nitrogens with zero attached hydrogens (tertiary/aromatic N) is 5. The predicted octanol–water partition coefficient (Wildman–Crippen LogP) is 3.50. The van der Waals surface area contributed by atoms with Crippen LogP contribution in [0.3, 0.4) is 0 Å². The van der Waals surface area contributed by atoms with Crippen LogP contribution in [0, 0.1) is 5.82 Å². The third-order valence-electron chi connectivity index (χ3n) is 3.90. The van der Waals surface area contributed by atoms with E-state index in [4.69, 9.17) is 0 Å². The van der Waals surface area contributed by atoms with Gasteiger partial charge in [-0.2, -0.15) is 9.61 Å². The molecular formula is C18H15FN6. The van der Waals surface area contributed by atoms with Crippen molar-refractivity contribution in [1.82, 2.24) is 24.6 Å². The van der Waals surface area contributed by atoms with Gasteiger partial charge in [0.15, 0.2) is 5.65 Å². The summed E-state index contributed by atoms with van der Waals surface area (Å²) in [5, 5.41) is 7.64. The molecule has 7 heteroatoms. The average Bonchev–Trinajstić information content (AvgIpc) is 3.11. The highest BCUT2D eigenvalue weighted by molar-refractivity contribution is 5.67. The molecule has 4 rings (SSSR count). The van der Waals surface area contributed by atoms with E-state index in [1.165, 1.54) is 6.07 Å². The van der Waals surface area contributed by atoms with Crippen LogP contribution in [-0.2, 0) is 0 Å². The van der Waals surface area contributed by atoms with Crippen molar-refractivity contribution in [3.63, 3.8) is 0 Å². The molecule has 0 aliphatic heterocycles. The highest BCUT2D eigenvalue weighted by Gasteiger charge is 2.14. The molecule has 0 fully saturated rings. The smallest absolute Gasteiger partial charge is 0.157 e. The summed E-state index contributed by atoms with van der Waals surface area (Å²) in [7, 11) is 0. The summed E-state index contributed by atoms with van der Waals surface area (Å²) in [5.41, 5.74) is 2.42. The van der Waals surface area contributed by atoms with Gasteiger partial charge in [0.25, 0.3) is 0 Å². The maximum Gasteiger partial charge on any atom is 0.157 e. The van der Waals surface area contributed by atoms with Gasteiger partial charge < -0.3 is 5.32 Å². The Bertz CT molecular complexity index is 1010. The molecule has 0 aliphatic carbocycles. The van der Waals surface area contributed by atoms with Crippen molar-refractivity contribution in [3.05, 3.63) is 72.7 Å². The van der Waals surface area contributed by atoms with E-state index in [2.05, 4.69) is 25.4 Å². The van der Waals surface area contributed by atoms with Gasteiger partial charge in [-0.15, -0.1) is 0 Å². The van der Waals surface area contributed by atoms with Crippen molar-refractivity contribution >= 4 is 11.5 Å². The molecule has 1 N–H and O–H groups in total. The molecule has 124 valence electrons. The van der Waals surface area contributed by atoms with Crippen LogP contribution in [0.2, 0.25) is 0 Å². The molecule has 3 heterocycles. The molecule has 1 atom stereocenters. The maximum atomic E-state index is 14.2. The lowest BCUT2D eigenvalue weighted by Crippen LogP contribution is -2.12. The molecule has 25 heavy (non-hydrogen) atoms. The van der Waals surface area contributed by atoms with Crippen LogP contribution in [0.1, 0.15) is 18.7 Å². The van der Waals surface area contributed by atoms with Crippen molar-refractivity contribution in [2.24, 2.45) is 0 Å². The fraction of sp³-hybridized carbons (Fsp3) is 0.111. The topological polar surface area (TPSA) is 68.0 Å². The van der Waals surface area contributed by atoms with Crippen LogP contribution in [0.15, 0.2) is 61.2 Å². The second kappa shape index (κ2) is 6.27. The number of rotatable bonds is 4. The largest absolute Gasteiger partial charge is 0.362 e. The van der Waals surface area contributed by atoms with E-state index in [-0.39, 0.29) is 11.9 Å². The monoisotopic (exact) mass is 334 g/mol. The fourth-order valence-corrected chi connectivity index (χ4v) is 2.65. The highest BCUT2D eigenvalue weighted by atomic mass is 19.1. The lowest BCUT2D eigenvalue weighted by molar-refractivity contribution is 0.630. The van der Waals surface area contributed by atoms with Crippen LogP contribution >= 0.6 is 0 Å². The van der Waals surface area contributed by atoms with Gasteiger partial charge >= 0.3 is 0 Å². The highest BCUT2D eigenvalue weighted by Crippen LogP contribution is 2.26. The summed E-state index contributed by atoms with van der Waals surface area (Å²) < 4.78 is 15.8. The zero-order valence-electron chi connectivity index (χ0n) is 13.5. The first kappa shape index (κ1) is 15.2. The predicted molar refractivity (Wildman–Crippen MR) is 92.5 cm³/mol. The second-order valence-corrected chi connectivity index (χ2v) is 5.60. The number of benzene rings is 1. The number of halogens is 1. The average molecular weight is 334 g/mol. The van der Waals surface area contributed by atoms with Gasteiger partial charge in [-0.05, 0) is 19.1 Å². The van der Waals surface area contributed by atoms with Gasteiger partial charge in [-0.25, -0.2) is 9.37 Å². The SMILES string of the molecule is CC(Nc1cc(-c2ccccc2F)nc2ccnn12)c1cnccn1. The molecule has 0 saturated carbocycles. The Kier molecular flexibility index (Phi) is 3.81. The Morgan fingerprint density at radius 3 is 2.80 bits per heavy atom. The molecule has 1 unspecified atom stereocenters. The molecule has 1 aromatic carbocycles. The summed E-state index contributed by atoms with van der Waals surface area (Å²) in [4.78, 5) is 12.9. The number of aromatic nitrogens is 5. The molecular weight excluding hydrogens is 319 g/mol. The lowest BCUT2D eigenvalue weighted by Gasteiger charge is -2.16. The van der Waals surface area contributed by atoms with E-state index in [9.17, 15) is 4.39 Å². The summed E-state index contributed by atoms with van der Waals surface area (Å²) in [6, 6.07) is 10.0. The molecule has 0 aliphatic rings. The van der Waals surface area contributed by atoms with Crippen molar-refractivity contribution in [3.8, 4) is 11.3 Å². The van der Waals surface area contributed by atoms with E-state index in [0.717, 1.165) is 5.69 Å². The number of nitrogens with one attached hydrogen (secondary N) is 1. The van der Waals surface area contributed by atoms with Crippen LogP contribution in [-0.4, -0.2) is 24.6 Å². The summed E-state index contributed by atoms with van der Waals surface area (Å²) in [6.07, 6.45) is 6.64. The normalized spacial score (nSPS) is 12.2. The van der Waals surface area contributed by atoms with E-state index in [0.29, 0.717) is 22.7 Å². The summed E-state index contributed by atoms with van der Waals surface area (Å²) in [6.45, 7) is 1.97. The van der Waals surface area contributed by atoms with Crippen molar-refractivity contribution in [2.75, 3.05) is 5.32 Å². The van der Waals surface area contributed by atoms with Crippen molar-refractivity contribution < 1.29 is 4.39 Å². The van der Waals surface area contributed by atoms with Crippen LogP contribution < -0.4 is 5.32 Å². The van der Waals surface area contributed by atoms with E-state index < -0.39 is 0 Å². The van der Waals surface area contributed by atoms with Crippen LogP contribution in [0.25, 0.3) is 16.9 Å². The maximum absolute atomic E-state index is 14.2. The fourth-order valence-electron chi connectivity index (χ4n) is 2.65. The number of hydrogen-bond acceptors (Lipinski definition) is 5. The zero-order chi connectivity index (χ0) is 17.2. The summed E-state index contributed by atoms with van der Waals surface area (Å²) >= 11 is 0. The Morgan fingerprint density at radius 2 is 2.00 bits per heavy atom. The Balaban J connectivity index is 1.78. The molecule has 0 bridgehead atoms. The van der Waals surface area contributed by atoms with Crippen molar-refractivity contribution in [2.45, 2.75) is 13.0 Å². The minimum Gasteiger partial charge on any atom is -0.362 e. The molecule has 0 amide bonds. The zero-order valence-corrected chi connectivity index (χ0v) is 13.5.